The Morgan fingerprint density at radius 3 is 2.77 bits per heavy atom. The van der Waals surface area contributed by atoms with Gasteiger partial charge in [0.2, 0.25) is 0 Å². The molecule has 4 rings (SSSR count). The van der Waals surface area contributed by atoms with Crippen LogP contribution in [0, 0.1) is 5.82 Å². The lowest BCUT2D eigenvalue weighted by Crippen LogP contribution is -2.46. The molecule has 26 heavy (non-hydrogen) atoms. The molecule has 1 aliphatic rings. The summed E-state index contributed by atoms with van der Waals surface area (Å²) in [6.45, 7) is 3.66. The molecule has 0 aliphatic carbocycles. The van der Waals surface area contributed by atoms with E-state index in [-0.39, 0.29) is 5.56 Å². The predicted molar refractivity (Wildman–Crippen MR) is 98.3 cm³/mol. The van der Waals surface area contributed by atoms with Crippen molar-refractivity contribution in [3.05, 3.63) is 52.9 Å². The molecular formula is C18H17FN4O2S. The Bertz CT molecular complexity index is 953. The van der Waals surface area contributed by atoms with E-state index in [1.807, 2.05) is 11.4 Å². The van der Waals surface area contributed by atoms with E-state index in [9.17, 15) is 14.3 Å². The summed E-state index contributed by atoms with van der Waals surface area (Å²) in [5, 5.41) is 12.4. The van der Waals surface area contributed by atoms with E-state index in [4.69, 9.17) is 0 Å². The molecule has 1 saturated heterocycles. The van der Waals surface area contributed by atoms with Crippen LogP contribution in [0.5, 0.6) is 0 Å². The minimum atomic E-state index is -1.10. The van der Waals surface area contributed by atoms with Gasteiger partial charge in [-0.15, -0.1) is 11.3 Å². The number of aromatic carboxylic acids is 1. The molecule has 0 spiro atoms. The summed E-state index contributed by atoms with van der Waals surface area (Å²) in [6.07, 6.45) is 1.60. The van der Waals surface area contributed by atoms with Gasteiger partial charge >= 0.3 is 5.97 Å². The molecule has 0 atom stereocenters. The number of hydrogen-bond acceptors (Lipinski definition) is 6. The summed E-state index contributed by atoms with van der Waals surface area (Å²) < 4.78 is 13.3. The van der Waals surface area contributed by atoms with Gasteiger partial charge < -0.3 is 10.0 Å². The number of carboxylic acids is 1. The first kappa shape index (κ1) is 16.9. The van der Waals surface area contributed by atoms with Crippen LogP contribution in [0.4, 0.5) is 10.2 Å². The van der Waals surface area contributed by atoms with Crippen LogP contribution in [0.15, 0.2) is 36.0 Å². The molecule has 0 bridgehead atoms. The number of rotatable bonds is 4. The van der Waals surface area contributed by atoms with Gasteiger partial charge in [0, 0.05) is 32.7 Å². The molecule has 134 valence electrons. The second-order valence-electron chi connectivity index (χ2n) is 6.21. The van der Waals surface area contributed by atoms with Gasteiger partial charge in [-0.2, -0.15) is 0 Å². The van der Waals surface area contributed by atoms with Crippen molar-refractivity contribution in [2.24, 2.45) is 0 Å². The van der Waals surface area contributed by atoms with Crippen molar-refractivity contribution in [1.82, 2.24) is 14.9 Å². The van der Waals surface area contributed by atoms with Gasteiger partial charge in [-0.05, 0) is 29.1 Å². The highest BCUT2D eigenvalue weighted by atomic mass is 32.1. The van der Waals surface area contributed by atoms with Gasteiger partial charge in [-0.25, -0.2) is 19.2 Å². The highest BCUT2D eigenvalue weighted by Crippen LogP contribution is 2.27. The summed E-state index contributed by atoms with van der Waals surface area (Å²) in [6, 6.07) is 6.00. The smallest absolute Gasteiger partial charge is 0.336 e. The standard InChI is InChI=1S/C18H17FN4O2S/c19-13-2-1-12(15(9-13)18(24)25)10-22-4-6-23(7-5-22)16-14-3-8-26-17(14)21-11-20-16/h1-3,8-9,11H,4-7,10H2,(H,24,25). The average Bonchev–Trinajstić information content (AvgIpc) is 3.12. The minimum Gasteiger partial charge on any atom is -0.478 e. The minimum absolute atomic E-state index is 0.0308. The van der Waals surface area contributed by atoms with Crippen molar-refractivity contribution >= 4 is 33.3 Å². The van der Waals surface area contributed by atoms with Gasteiger partial charge in [0.05, 0.1) is 10.9 Å². The van der Waals surface area contributed by atoms with Crippen LogP contribution >= 0.6 is 11.3 Å². The van der Waals surface area contributed by atoms with Gasteiger partial charge in [0.15, 0.2) is 0 Å². The Kier molecular flexibility index (Phi) is 4.52. The van der Waals surface area contributed by atoms with E-state index in [2.05, 4.69) is 19.8 Å². The summed E-state index contributed by atoms with van der Waals surface area (Å²) in [4.78, 5) is 25.5. The van der Waals surface area contributed by atoms with E-state index in [0.29, 0.717) is 12.1 Å². The molecule has 6 nitrogen and oxygen atoms in total. The quantitative estimate of drug-likeness (QED) is 0.760. The summed E-state index contributed by atoms with van der Waals surface area (Å²) in [7, 11) is 0. The predicted octanol–water partition coefficient (Wildman–Crippen LogP) is 2.85. The molecule has 0 unspecified atom stereocenters. The molecule has 8 heteroatoms. The number of benzene rings is 1. The molecule has 1 aliphatic heterocycles. The molecule has 1 N–H and O–H groups in total. The molecule has 0 saturated carbocycles. The van der Waals surface area contributed by atoms with Crippen molar-refractivity contribution in [1.29, 1.82) is 0 Å². The van der Waals surface area contributed by atoms with Crippen molar-refractivity contribution in [2.75, 3.05) is 31.1 Å². The van der Waals surface area contributed by atoms with Crippen LogP contribution in [0.1, 0.15) is 15.9 Å². The molecular weight excluding hydrogens is 355 g/mol. The van der Waals surface area contributed by atoms with Gasteiger partial charge in [-0.3, -0.25) is 4.90 Å². The first-order chi connectivity index (χ1) is 12.6. The third-order valence-electron chi connectivity index (χ3n) is 4.61. The van der Waals surface area contributed by atoms with E-state index in [1.165, 1.54) is 6.07 Å². The second kappa shape index (κ2) is 6.97. The van der Waals surface area contributed by atoms with Crippen LogP contribution in [0.2, 0.25) is 0 Å². The molecule has 2 aromatic heterocycles. The maximum absolute atomic E-state index is 13.3. The first-order valence-electron chi connectivity index (χ1n) is 8.29. The molecule has 1 fully saturated rings. The number of thiophene rings is 1. The molecule has 3 aromatic rings. The van der Waals surface area contributed by atoms with Crippen LogP contribution in [0.25, 0.3) is 10.2 Å². The van der Waals surface area contributed by atoms with Crippen molar-refractivity contribution in [2.45, 2.75) is 6.54 Å². The van der Waals surface area contributed by atoms with Crippen LogP contribution in [-0.4, -0.2) is 52.1 Å². The molecule has 0 radical (unpaired) electrons. The number of anilines is 1. The zero-order valence-electron chi connectivity index (χ0n) is 13.9. The first-order valence-corrected chi connectivity index (χ1v) is 9.17. The largest absolute Gasteiger partial charge is 0.478 e. The Labute approximate surface area is 153 Å². The number of halogens is 1. The summed E-state index contributed by atoms with van der Waals surface area (Å²) in [5.41, 5.74) is 0.665. The number of carbonyl (C=O) groups is 1. The van der Waals surface area contributed by atoms with Crippen LogP contribution in [-0.2, 0) is 6.54 Å². The van der Waals surface area contributed by atoms with E-state index in [1.54, 1.807) is 23.7 Å². The fourth-order valence-corrected chi connectivity index (χ4v) is 4.00. The topological polar surface area (TPSA) is 69.6 Å². The van der Waals surface area contributed by atoms with Crippen molar-refractivity contribution in [3.8, 4) is 0 Å². The number of nitrogens with zero attached hydrogens (tertiary/aromatic N) is 4. The molecule has 3 heterocycles. The van der Waals surface area contributed by atoms with Gasteiger partial charge in [0.1, 0.15) is 22.8 Å². The maximum atomic E-state index is 13.3. The van der Waals surface area contributed by atoms with Crippen LogP contribution in [0.3, 0.4) is 0 Å². The maximum Gasteiger partial charge on any atom is 0.336 e. The molecule has 1 aromatic carbocycles. The number of piperazine rings is 1. The Hall–Kier alpha value is -2.58. The Morgan fingerprint density at radius 1 is 1.19 bits per heavy atom. The second-order valence-corrected chi connectivity index (χ2v) is 7.10. The Balaban J connectivity index is 1.46. The zero-order chi connectivity index (χ0) is 18.1. The van der Waals surface area contributed by atoms with Gasteiger partial charge in [-0.1, -0.05) is 6.07 Å². The van der Waals surface area contributed by atoms with Crippen LogP contribution < -0.4 is 4.90 Å². The lowest BCUT2D eigenvalue weighted by molar-refractivity contribution is 0.0693. The lowest BCUT2D eigenvalue weighted by Gasteiger charge is -2.35. The highest BCUT2D eigenvalue weighted by Gasteiger charge is 2.22. The van der Waals surface area contributed by atoms with Crippen molar-refractivity contribution in [3.63, 3.8) is 0 Å². The summed E-state index contributed by atoms with van der Waals surface area (Å²) >= 11 is 1.60. The Morgan fingerprint density at radius 2 is 2.00 bits per heavy atom. The lowest BCUT2D eigenvalue weighted by atomic mass is 10.1. The van der Waals surface area contributed by atoms with E-state index in [0.717, 1.165) is 48.3 Å². The fourth-order valence-electron chi connectivity index (χ4n) is 3.27. The molecule has 0 amide bonds. The van der Waals surface area contributed by atoms with Crippen molar-refractivity contribution < 1.29 is 14.3 Å². The fraction of sp³-hybridized carbons (Fsp3) is 0.278. The summed E-state index contributed by atoms with van der Waals surface area (Å²) in [5.74, 6) is -0.678. The number of carboxylic acid groups (broad SMARTS) is 1. The zero-order valence-corrected chi connectivity index (χ0v) is 14.7. The monoisotopic (exact) mass is 372 g/mol. The number of fused-ring (bicyclic) bond motifs is 1. The normalized spacial score (nSPS) is 15.5. The SMILES string of the molecule is O=C(O)c1cc(F)ccc1CN1CCN(c2ncnc3sccc23)CC1. The number of aromatic nitrogens is 2. The third kappa shape index (κ3) is 3.25. The van der Waals surface area contributed by atoms with Gasteiger partial charge in [0.25, 0.3) is 0 Å². The number of hydrogen-bond donors (Lipinski definition) is 1. The third-order valence-corrected chi connectivity index (χ3v) is 5.43. The van der Waals surface area contributed by atoms with E-state index >= 15 is 0 Å². The highest BCUT2D eigenvalue weighted by molar-refractivity contribution is 7.16. The average molecular weight is 372 g/mol. The van der Waals surface area contributed by atoms with E-state index < -0.39 is 11.8 Å².